The smallest absolute Gasteiger partial charge is 0.306 e. The number of rotatable bonds is 52. The van der Waals surface area contributed by atoms with Gasteiger partial charge in [-0.2, -0.15) is 0 Å². The van der Waals surface area contributed by atoms with Crippen molar-refractivity contribution in [3.8, 4) is 0 Å². The van der Waals surface area contributed by atoms with Gasteiger partial charge in [-0.1, -0.05) is 239 Å². The van der Waals surface area contributed by atoms with E-state index >= 15 is 0 Å². The Kier molecular flexibility index (Phi) is 50.9. The van der Waals surface area contributed by atoms with Crippen molar-refractivity contribution < 1.29 is 49.3 Å². The van der Waals surface area contributed by atoms with E-state index in [0.29, 0.717) is 12.8 Å². The lowest BCUT2D eigenvalue weighted by molar-refractivity contribution is -0.305. The number of carbonyl (C=O) groups is 2. The molecule has 1 aliphatic heterocycles. The Morgan fingerprint density at radius 1 is 0.506 bits per heavy atom. The lowest BCUT2D eigenvalue weighted by atomic mass is 9.99. The molecular weight excluding hydrogens is 991 g/mol. The summed E-state index contributed by atoms with van der Waals surface area (Å²) in [4.78, 5) is 26.6. The number of carbonyl (C=O) groups excluding carboxylic acids is 2. The maximum absolute atomic E-state index is 13.4. The fraction of sp³-hybridized carbons (Fsp3) is 0.706. The number of amides is 1. The second kappa shape index (κ2) is 54.9. The maximum Gasteiger partial charge on any atom is 0.306 e. The van der Waals surface area contributed by atoms with Crippen molar-refractivity contribution in [2.24, 2.45) is 0 Å². The van der Waals surface area contributed by atoms with Gasteiger partial charge in [-0.15, -0.1) is 0 Å². The molecule has 1 heterocycles. The topological polar surface area (TPSA) is 175 Å². The van der Waals surface area contributed by atoms with Gasteiger partial charge in [-0.05, 0) is 109 Å². The zero-order valence-corrected chi connectivity index (χ0v) is 50.0. The monoisotopic (exact) mass is 1110 g/mol. The predicted octanol–water partition coefficient (Wildman–Crippen LogP) is 15.3. The zero-order chi connectivity index (χ0) is 57.5. The Balaban J connectivity index is 2.68. The van der Waals surface area contributed by atoms with Crippen LogP contribution in [0.15, 0.2) is 109 Å². The van der Waals surface area contributed by atoms with Gasteiger partial charge >= 0.3 is 5.97 Å². The number of aliphatic hydroxyl groups excluding tert-OH is 5. The van der Waals surface area contributed by atoms with Gasteiger partial charge in [0.05, 0.1) is 25.4 Å². The van der Waals surface area contributed by atoms with E-state index in [1.807, 2.05) is 6.08 Å². The second-order valence-corrected chi connectivity index (χ2v) is 21.4. The minimum absolute atomic E-state index is 0.105. The number of unbranched alkanes of at least 4 members (excludes halogenated alkanes) is 22. The first-order valence-electron chi connectivity index (χ1n) is 31.7. The second-order valence-electron chi connectivity index (χ2n) is 21.4. The SMILES string of the molecule is CC/C=C\C/C=C\C/C=C\C/C=C\C/C=C\CCCCC(O)C(=O)NC(COC1OC(CO)C(O)C(O)C1OC(=O)CCCCCCCCCC/C=C\C/C=C\C/C=C\CCCCC)C(O)/C=C/CCCCCCCCCCC. The minimum Gasteiger partial charge on any atom is -0.454 e. The molecule has 1 rings (SSSR count). The van der Waals surface area contributed by atoms with Gasteiger partial charge in [0, 0.05) is 6.42 Å². The quantitative estimate of drug-likeness (QED) is 0.0195. The molecule has 0 radical (unpaired) electrons. The van der Waals surface area contributed by atoms with Gasteiger partial charge in [0.1, 0.15) is 24.4 Å². The summed E-state index contributed by atoms with van der Waals surface area (Å²) in [6.07, 6.45) is 64.1. The van der Waals surface area contributed by atoms with Crippen molar-refractivity contribution in [1.82, 2.24) is 5.32 Å². The van der Waals surface area contributed by atoms with Gasteiger partial charge in [0.2, 0.25) is 5.91 Å². The van der Waals surface area contributed by atoms with E-state index in [9.17, 15) is 35.1 Å². The van der Waals surface area contributed by atoms with E-state index in [2.05, 4.69) is 123 Å². The van der Waals surface area contributed by atoms with Crippen molar-refractivity contribution >= 4 is 11.9 Å². The van der Waals surface area contributed by atoms with Gasteiger partial charge in [-0.3, -0.25) is 9.59 Å². The fourth-order valence-electron chi connectivity index (χ4n) is 9.15. The predicted molar refractivity (Wildman–Crippen MR) is 328 cm³/mol. The van der Waals surface area contributed by atoms with Crippen molar-refractivity contribution in [3.05, 3.63) is 109 Å². The Bertz CT molecular complexity index is 1700. The molecule has 79 heavy (non-hydrogen) atoms. The van der Waals surface area contributed by atoms with Crippen molar-refractivity contribution in [3.63, 3.8) is 0 Å². The summed E-state index contributed by atoms with van der Waals surface area (Å²) in [5.74, 6) is -1.24. The van der Waals surface area contributed by atoms with E-state index in [0.717, 1.165) is 116 Å². The van der Waals surface area contributed by atoms with Crippen LogP contribution in [0.3, 0.4) is 0 Å². The third-order valence-corrected chi connectivity index (χ3v) is 14.2. The average Bonchev–Trinajstić information content (AvgIpc) is 3.45. The van der Waals surface area contributed by atoms with Crippen LogP contribution in [-0.4, -0.2) is 99.6 Å². The Labute approximate surface area is 481 Å². The van der Waals surface area contributed by atoms with Gasteiger partial charge in [-0.25, -0.2) is 0 Å². The third kappa shape index (κ3) is 42.8. The number of nitrogens with one attached hydrogen (secondary N) is 1. The van der Waals surface area contributed by atoms with Crippen LogP contribution in [0.5, 0.6) is 0 Å². The highest BCUT2D eigenvalue weighted by Gasteiger charge is 2.47. The normalized spacial score (nSPS) is 19.6. The first-order chi connectivity index (χ1) is 38.7. The molecule has 8 atom stereocenters. The van der Waals surface area contributed by atoms with Crippen molar-refractivity contribution in [1.29, 1.82) is 0 Å². The summed E-state index contributed by atoms with van der Waals surface area (Å²) in [6, 6.07) is -1.05. The Morgan fingerprint density at radius 2 is 0.911 bits per heavy atom. The van der Waals surface area contributed by atoms with E-state index < -0.39 is 67.4 Å². The highest BCUT2D eigenvalue weighted by molar-refractivity contribution is 5.80. The molecule has 8 unspecified atom stereocenters. The van der Waals surface area contributed by atoms with E-state index in [1.165, 1.54) is 83.5 Å². The van der Waals surface area contributed by atoms with E-state index in [-0.39, 0.29) is 19.4 Å². The van der Waals surface area contributed by atoms with E-state index in [4.69, 9.17) is 14.2 Å². The van der Waals surface area contributed by atoms with E-state index in [1.54, 1.807) is 6.08 Å². The summed E-state index contributed by atoms with van der Waals surface area (Å²) in [5, 5.41) is 57.0. The maximum atomic E-state index is 13.4. The van der Waals surface area contributed by atoms with Crippen LogP contribution in [-0.2, 0) is 23.8 Å². The summed E-state index contributed by atoms with van der Waals surface area (Å²) < 4.78 is 17.6. The zero-order valence-electron chi connectivity index (χ0n) is 50.0. The van der Waals surface area contributed by atoms with Crippen LogP contribution in [0, 0.1) is 0 Å². The number of hydrogen-bond acceptors (Lipinski definition) is 10. The molecule has 0 aromatic heterocycles. The molecule has 0 bridgehead atoms. The summed E-state index contributed by atoms with van der Waals surface area (Å²) in [5.41, 5.74) is 0. The van der Waals surface area contributed by atoms with Gasteiger partial charge in [0.25, 0.3) is 0 Å². The molecule has 0 aliphatic carbocycles. The standard InChI is InChI=1S/C68H115NO10/c1-4-7-10-13-16-19-22-24-26-28-30-31-32-34-36-38-41-44-47-50-53-56-63(73)79-66-65(75)64(74)62(57-70)78-68(66)77-58-59(60(71)54-51-48-45-42-39-21-18-15-12-9-6-3)69-67(76)61(72)55-52-49-46-43-40-37-35-33-29-27-25-23-20-17-14-11-8-5-2/h8,11,16-17,19-20,24-27,30-31,33,35,40,43,51,54,59-62,64-66,68,70-72,74-75H,4-7,9-10,12-15,18,21-23,28-29,32,34,36-39,41-42,44-50,52-53,55-58H2,1-3H3,(H,69,76)/b11-8-,19-16-,20-17-,26-24-,27-25-,31-30-,35-33-,43-40-,54-51+. The molecule has 11 nitrogen and oxygen atoms in total. The number of hydrogen-bond donors (Lipinski definition) is 6. The van der Waals surface area contributed by atoms with Gasteiger partial charge in [0.15, 0.2) is 12.4 Å². The lowest BCUT2D eigenvalue weighted by Crippen LogP contribution is -2.61. The third-order valence-electron chi connectivity index (χ3n) is 14.2. The molecule has 1 fully saturated rings. The molecule has 1 aliphatic rings. The number of allylic oxidation sites excluding steroid dienone is 17. The molecule has 6 N–H and O–H groups in total. The molecular formula is C68H115NO10. The Hall–Kier alpha value is -3.68. The van der Waals surface area contributed by atoms with Crippen LogP contribution < -0.4 is 5.32 Å². The summed E-state index contributed by atoms with van der Waals surface area (Å²) in [6.45, 7) is 5.61. The highest BCUT2D eigenvalue weighted by Crippen LogP contribution is 2.26. The molecule has 1 amide bonds. The molecule has 0 aromatic rings. The van der Waals surface area contributed by atoms with Crippen molar-refractivity contribution in [2.75, 3.05) is 13.2 Å². The molecule has 0 aromatic carbocycles. The van der Waals surface area contributed by atoms with Crippen LogP contribution in [0.1, 0.15) is 245 Å². The van der Waals surface area contributed by atoms with Gasteiger partial charge < -0.3 is 45.1 Å². The molecule has 1 saturated heterocycles. The summed E-state index contributed by atoms with van der Waals surface area (Å²) >= 11 is 0. The molecule has 11 heteroatoms. The van der Waals surface area contributed by atoms with Crippen LogP contribution in [0.25, 0.3) is 0 Å². The van der Waals surface area contributed by atoms with Crippen LogP contribution in [0.2, 0.25) is 0 Å². The highest BCUT2D eigenvalue weighted by atomic mass is 16.7. The first-order valence-corrected chi connectivity index (χ1v) is 31.7. The van der Waals surface area contributed by atoms with Crippen LogP contribution >= 0.6 is 0 Å². The van der Waals surface area contributed by atoms with Crippen molar-refractivity contribution in [2.45, 2.75) is 294 Å². The number of esters is 1. The minimum atomic E-state index is -1.63. The largest absolute Gasteiger partial charge is 0.454 e. The fourth-order valence-corrected chi connectivity index (χ4v) is 9.15. The molecule has 0 spiro atoms. The molecule has 0 saturated carbocycles. The number of aliphatic hydroxyl groups is 5. The number of ether oxygens (including phenoxy) is 3. The Morgan fingerprint density at radius 3 is 1.39 bits per heavy atom. The average molecular weight is 1110 g/mol. The summed E-state index contributed by atoms with van der Waals surface area (Å²) in [7, 11) is 0. The molecule has 452 valence electrons. The first kappa shape index (κ1) is 73.3. The lowest BCUT2D eigenvalue weighted by Gasteiger charge is -2.41. The van der Waals surface area contributed by atoms with Crippen LogP contribution in [0.4, 0.5) is 0 Å².